The number of benzene rings is 1. The maximum Gasteiger partial charge on any atom is 0.410 e. The standard InChI is InChI=1S/C31H48N6O4/c1-21(25-19-32-26-13-8-7-12-24(25)26)27(28(38)33-23-11-9-10-22(18-23)20-35(5)6)34-29(39)36-14-16-37(17-15-36)30(40)41-31(2,3)4/h9-11,18-19,21,24,26-27,32H,7-8,12-17,20H2,1-6H3,(H,33,38)(H,34,39)/t21-,24?,26?,27+/m0/s1. The molecule has 3 N–H and O–H groups in total. The number of ether oxygens (including phenoxy) is 1. The molecule has 4 rings (SSSR count). The second kappa shape index (κ2) is 13.1. The van der Waals surface area contributed by atoms with Crippen molar-refractivity contribution in [3.05, 3.63) is 41.6 Å². The average Bonchev–Trinajstić information content (AvgIpc) is 3.34. The number of amides is 4. The Bertz CT molecular complexity index is 1120. The summed E-state index contributed by atoms with van der Waals surface area (Å²) in [6, 6.07) is 7.18. The molecule has 1 saturated carbocycles. The molecular formula is C31H48N6O4. The highest BCUT2D eigenvalue weighted by Gasteiger charge is 2.39. The van der Waals surface area contributed by atoms with Crippen molar-refractivity contribution in [2.45, 2.75) is 77.6 Å². The number of carbonyl (C=O) groups is 3. The highest BCUT2D eigenvalue weighted by molar-refractivity contribution is 5.97. The van der Waals surface area contributed by atoms with Crippen LogP contribution in [0.5, 0.6) is 0 Å². The molecule has 2 aliphatic heterocycles. The second-order valence-corrected chi connectivity index (χ2v) is 12.9. The summed E-state index contributed by atoms with van der Waals surface area (Å²) in [5.41, 5.74) is 2.43. The SMILES string of the molecule is C[C@@H](C1=CNC2CCCCC12)[C@@H](NC(=O)N1CCN(C(=O)OC(C)(C)C)CC1)C(=O)Nc1cccc(CN(C)C)c1. The van der Waals surface area contributed by atoms with Gasteiger partial charge in [0.2, 0.25) is 5.91 Å². The monoisotopic (exact) mass is 568 g/mol. The molecule has 2 unspecified atom stereocenters. The molecule has 3 aliphatic rings. The van der Waals surface area contributed by atoms with Gasteiger partial charge >= 0.3 is 12.1 Å². The molecule has 4 amide bonds. The third kappa shape index (κ3) is 8.15. The number of urea groups is 1. The van der Waals surface area contributed by atoms with Crippen LogP contribution in [0.1, 0.15) is 58.9 Å². The van der Waals surface area contributed by atoms with Crippen LogP contribution < -0.4 is 16.0 Å². The summed E-state index contributed by atoms with van der Waals surface area (Å²) in [5.74, 6) is -0.0419. The largest absolute Gasteiger partial charge is 0.444 e. The molecule has 4 atom stereocenters. The Labute approximate surface area is 244 Å². The summed E-state index contributed by atoms with van der Waals surface area (Å²) in [6.45, 7) is 9.82. The first-order valence-electron chi connectivity index (χ1n) is 14.9. The number of carbonyl (C=O) groups excluding carboxylic acids is 3. The van der Waals surface area contributed by atoms with Gasteiger partial charge in [-0.2, -0.15) is 0 Å². The van der Waals surface area contributed by atoms with Crippen LogP contribution in [0.15, 0.2) is 36.0 Å². The predicted octanol–water partition coefficient (Wildman–Crippen LogP) is 4.00. The first-order valence-corrected chi connectivity index (χ1v) is 14.9. The molecule has 10 heteroatoms. The first kappa shape index (κ1) is 30.7. The van der Waals surface area contributed by atoms with Crippen LogP contribution in [0.3, 0.4) is 0 Å². The Hall–Kier alpha value is -3.27. The Morgan fingerprint density at radius 1 is 1.07 bits per heavy atom. The van der Waals surface area contributed by atoms with E-state index < -0.39 is 11.6 Å². The van der Waals surface area contributed by atoms with Crippen molar-refractivity contribution in [3.8, 4) is 0 Å². The number of hydrogen-bond acceptors (Lipinski definition) is 6. The van der Waals surface area contributed by atoms with Gasteiger partial charge in [-0.05, 0) is 77.2 Å². The Morgan fingerprint density at radius 2 is 1.76 bits per heavy atom. The minimum atomic E-state index is -0.752. The zero-order chi connectivity index (χ0) is 29.7. The molecule has 2 heterocycles. The lowest BCUT2D eigenvalue weighted by Crippen LogP contribution is -2.57. The molecule has 0 spiro atoms. The number of anilines is 1. The van der Waals surface area contributed by atoms with E-state index in [1.54, 1.807) is 9.80 Å². The van der Waals surface area contributed by atoms with E-state index in [-0.39, 0.29) is 23.9 Å². The fourth-order valence-electron chi connectivity index (χ4n) is 6.09. The molecule has 1 aliphatic carbocycles. The maximum atomic E-state index is 13.8. The van der Waals surface area contributed by atoms with E-state index in [1.165, 1.54) is 18.4 Å². The van der Waals surface area contributed by atoms with Crippen LogP contribution in [0.2, 0.25) is 0 Å². The average molecular weight is 569 g/mol. The smallest absolute Gasteiger partial charge is 0.410 e. The van der Waals surface area contributed by atoms with Crippen LogP contribution in [-0.2, 0) is 16.1 Å². The fourth-order valence-corrected chi connectivity index (χ4v) is 6.09. The van der Waals surface area contributed by atoms with Gasteiger partial charge in [0.1, 0.15) is 11.6 Å². The number of nitrogens with zero attached hydrogens (tertiary/aromatic N) is 3. The van der Waals surface area contributed by atoms with Gasteiger partial charge in [0.05, 0.1) is 0 Å². The van der Waals surface area contributed by atoms with Gasteiger partial charge in [0, 0.05) is 56.3 Å². The normalized spacial score (nSPS) is 22.3. The molecule has 1 saturated heterocycles. The van der Waals surface area contributed by atoms with Crippen LogP contribution in [0.4, 0.5) is 15.3 Å². The zero-order valence-corrected chi connectivity index (χ0v) is 25.5. The van der Waals surface area contributed by atoms with Gasteiger partial charge in [-0.3, -0.25) is 4.79 Å². The van der Waals surface area contributed by atoms with Gasteiger partial charge in [-0.1, -0.05) is 31.9 Å². The van der Waals surface area contributed by atoms with Crippen molar-refractivity contribution in [1.82, 2.24) is 25.3 Å². The third-order valence-corrected chi connectivity index (χ3v) is 8.16. The number of fused-ring (bicyclic) bond motifs is 1. The highest BCUT2D eigenvalue weighted by Crippen LogP contribution is 2.38. The predicted molar refractivity (Wildman–Crippen MR) is 160 cm³/mol. The quantitative estimate of drug-likeness (QED) is 0.459. The number of rotatable bonds is 7. The molecule has 226 valence electrons. The second-order valence-electron chi connectivity index (χ2n) is 12.9. The molecule has 1 aromatic rings. The van der Waals surface area contributed by atoms with Gasteiger partial charge in [-0.15, -0.1) is 0 Å². The minimum absolute atomic E-state index is 0.187. The summed E-state index contributed by atoms with van der Waals surface area (Å²) in [7, 11) is 4.02. The number of hydrogen-bond donors (Lipinski definition) is 3. The number of nitrogens with one attached hydrogen (secondary N) is 3. The summed E-state index contributed by atoms with van der Waals surface area (Å²) >= 11 is 0. The van der Waals surface area contributed by atoms with Crippen molar-refractivity contribution in [1.29, 1.82) is 0 Å². The molecule has 0 radical (unpaired) electrons. The highest BCUT2D eigenvalue weighted by atomic mass is 16.6. The Morgan fingerprint density at radius 3 is 2.44 bits per heavy atom. The lowest BCUT2D eigenvalue weighted by Gasteiger charge is -2.37. The fraction of sp³-hybridized carbons (Fsp3) is 0.645. The third-order valence-electron chi connectivity index (χ3n) is 8.16. The van der Waals surface area contributed by atoms with Crippen molar-refractivity contribution in [2.24, 2.45) is 11.8 Å². The molecule has 0 bridgehead atoms. The van der Waals surface area contributed by atoms with Crippen molar-refractivity contribution in [2.75, 3.05) is 45.6 Å². The molecule has 41 heavy (non-hydrogen) atoms. The summed E-state index contributed by atoms with van der Waals surface area (Å²) in [4.78, 5) is 45.2. The van der Waals surface area contributed by atoms with Crippen LogP contribution in [0, 0.1) is 11.8 Å². The van der Waals surface area contributed by atoms with Crippen molar-refractivity contribution < 1.29 is 19.1 Å². The molecule has 2 fully saturated rings. The van der Waals surface area contributed by atoms with E-state index in [9.17, 15) is 14.4 Å². The van der Waals surface area contributed by atoms with E-state index in [4.69, 9.17) is 4.74 Å². The molecule has 0 aromatic heterocycles. The lowest BCUT2D eigenvalue weighted by molar-refractivity contribution is -0.118. The van der Waals surface area contributed by atoms with Gasteiger partial charge < -0.3 is 35.4 Å². The Balaban J connectivity index is 1.46. The molecular weight excluding hydrogens is 520 g/mol. The maximum absolute atomic E-state index is 13.8. The van der Waals surface area contributed by atoms with Crippen molar-refractivity contribution >= 4 is 23.7 Å². The van der Waals surface area contributed by atoms with Gasteiger partial charge in [0.15, 0.2) is 0 Å². The van der Waals surface area contributed by atoms with E-state index in [0.29, 0.717) is 43.8 Å². The molecule has 10 nitrogen and oxygen atoms in total. The summed E-state index contributed by atoms with van der Waals surface area (Å²) in [5, 5.41) is 9.68. The zero-order valence-electron chi connectivity index (χ0n) is 25.5. The van der Waals surface area contributed by atoms with E-state index in [2.05, 4.69) is 27.1 Å². The first-order chi connectivity index (χ1) is 19.4. The van der Waals surface area contributed by atoms with Crippen LogP contribution in [0.25, 0.3) is 0 Å². The number of piperazine rings is 1. The molecule has 1 aromatic carbocycles. The van der Waals surface area contributed by atoms with Crippen LogP contribution in [-0.4, -0.2) is 90.7 Å². The van der Waals surface area contributed by atoms with E-state index in [0.717, 1.165) is 24.9 Å². The summed E-state index contributed by atoms with van der Waals surface area (Å²) in [6.07, 6.45) is 6.31. The minimum Gasteiger partial charge on any atom is -0.444 e. The van der Waals surface area contributed by atoms with Crippen molar-refractivity contribution in [3.63, 3.8) is 0 Å². The topological polar surface area (TPSA) is 106 Å². The van der Waals surface area contributed by atoms with E-state index in [1.807, 2.05) is 66.1 Å². The van der Waals surface area contributed by atoms with Crippen LogP contribution >= 0.6 is 0 Å². The summed E-state index contributed by atoms with van der Waals surface area (Å²) < 4.78 is 5.49. The lowest BCUT2D eigenvalue weighted by atomic mass is 9.76. The van der Waals surface area contributed by atoms with E-state index >= 15 is 0 Å². The Kier molecular flexibility index (Phi) is 9.84. The van der Waals surface area contributed by atoms with Gasteiger partial charge in [-0.25, -0.2) is 9.59 Å². The van der Waals surface area contributed by atoms with Gasteiger partial charge in [0.25, 0.3) is 0 Å².